The Labute approximate surface area is 160 Å². The second-order valence-electron chi connectivity index (χ2n) is 6.03. The molecule has 0 aliphatic carbocycles. The van der Waals surface area contributed by atoms with E-state index < -0.39 is 11.1 Å². The molecule has 1 amide bonds. The number of nitriles is 1. The smallest absolute Gasteiger partial charge is 0.321 e. The lowest BCUT2D eigenvalue weighted by molar-refractivity contribution is -0.144. The number of rotatable bonds is 4. The maximum atomic E-state index is 13.0. The zero-order valence-corrected chi connectivity index (χ0v) is 15.2. The van der Waals surface area contributed by atoms with Crippen LogP contribution in [0.1, 0.15) is 21.5 Å². The van der Waals surface area contributed by atoms with Crippen LogP contribution >= 0.6 is 11.8 Å². The number of nitrogens with zero attached hydrogens (tertiary/aromatic N) is 2. The molecule has 1 aliphatic rings. The molecule has 0 radical (unpaired) electrons. The molecule has 0 aromatic heterocycles. The van der Waals surface area contributed by atoms with E-state index in [-0.39, 0.29) is 25.0 Å². The third-order valence-electron chi connectivity index (χ3n) is 4.17. The number of esters is 1. The fourth-order valence-electron chi connectivity index (χ4n) is 2.67. The zero-order chi connectivity index (χ0) is 19.2. The number of ether oxygens (including phenoxy) is 1. The molecule has 3 rings (SSSR count). The van der Waals surface area contributed by atoms with Crippen molar-refractivity contribution in [3.8, 4) is 6.07 Å². The van der Waals surface area contributed by atoms with Gasteiger partial charge in [0.05, 0.1) is 11.6 Å². The number of carbonyl (C=O) groups is 2. The Morgan fingerprint density at radius 2 is 1.89 bits per heavy atom. The topological polar surface area (TPSA) is 70.4 Å². The van der Waals surface area contributed by atoms with Crippen LogP contribution in [0.2, 0.25) is 0 Å². The summed E-state index contributed by atoms with van der Waals surface area (Å²) in [6.07, 6.45) is 0. The molecular formula is C20H17FN2O3S. The number of hydrogen-bond donors (Lipinski definition) is 0. The van der Waals surface area contributed by atoms with E-state index >= 15 is 0 Å². The summed E-state index contributed by atoms with van der Waals surface area (Å²) in [5, 5.41) is 8.34. The molecule has 138 valence electrons. The minimum atomic E-state index is -0.457. The van der Waals surface area contributed by atoms with Gasteiger partial charge in [0.15, 0.2) is 0 Å². The largest absolute Gasteiger partial charge is 0.460 e. The van der Waals surface area contributed by atoms with Gasteiger partial charge in [-0.05, 0) is 42.0 Å². The van der Waals surface area contributed by atoms with E-state index in [1.165, 1.54) is 36.0 Å². The highest BCUT2D eigenvalue weighted by atomic mass is 32.2. The summed E-state index contributed by atoms with van der Waals surface area (Å²) in [5.41, 5.74) is 1.73. The maximum Gasteiger partial charge on any atom is 0.321 e. The SMILES string of the molecule is N#Cc1ccc(COC(=O)[C@@H]2CN(C(=O)c3ccc(F)cc3)CCS2)cc1. The predicted molar refractivity (Wildman–Crippen MR) is 99.5 cm³/mol. The van der Waals surface area contributed by atoms with Crippen LogP contribution < -0.4 is 0 Å². The van der Waals surface area contributed by atoms with Crippen molar-refractivity contribution in [1.29, 1.82) is 5.26 Å². The Balaban J connectivity index is 1.56. The van der Waals surface area contributed by atoms with E-state index in [4.69, 9.17) is 10.00 Å². The van der Waals surface area contributed by atoms with Crippen molar-refractivity contribution in [3.63, 3.8) is 0 Å². The Bertz CT molecular complexity index is 862. The molecular weight excluding hydrogens is 367 g/mol. The Kier molecular flexibility index (Phi) is 6.09. The number of benzene rings is 2. The average Bonchev–Trinajstić information content (AvgIpc) is 2.72. The van der Waals surface area contributed by atoms with Gasteiger partial charge in [0.2, 0.25) is 0 Å². The first kappa shape index (κ1) is 18.9. The standard InChI is InChI=1S/C20H17FN2O3S/c21-17-7-5-16(6-8-17)19(24)23-9-10-27-18(12-23)20(25)26-13-15-3-1-14(11-22)2-4-15/h1-8,18H,9-10,12-13H2/t18-/m0/s1. The number of carbonyl (C=O) groups excluding carboxylic acids is 2. The molecule has 1 heterocycles. The Morgan fingerprint density at radius 1 is 1.19 bits per heavy atom. The van der Waals surface area contributed by atoms with E-state index in [1.807, 2.05) is 6.07 Å². The molecule has 0 unspecified atom stereocenters. The maximum absolute atomic E-state index is 13.0. The normalized spacial score (nSPS) is 16.4. The van der Waals surface area contributed by atoms with Gasteiger partial charge in [0.25, 0.3) is 5.91 Å². The fraction of sp³-hybridized carbons (Fsp3) is 0.250. The van der Waals surface area contributed by atoms with Gasteiger partial charge in [0.1, 0.15) is 17.7 Å². The van der Waals surface area contributed by atoms with Crippen molar-refractivity contribution < 1.29 is 18.7 Å². The van der Waals surface area contributed by atoms with Crippen LogP contribution in [0.4, 0.5) is 4.39 Å². The third-order valence-corrected chi connectivity index (χ3v) is 5.33. The highest BCUT2D eigenvalue weighted by molar-refractivity contribution is 8.00. The molecule has 1 atom stereocenters. The van der Waals surface area contributed by atoms with E-state index in [2.05, 4.69) is 0 Å². The lowest BCUT2D eigenvalue weighted by Gasteiger charge is -2.31. The van der Waals surface area contributed by atoms with Gasteiger partial charge in [-0.25, -0.2) is 4.39 Å². The van der Waals surface area contributed by atoms with Gasteiger partial charge < -0.3 is 9.64 Å². The highest BCUT2D eigenvalue weighted by Crippen LogP contribution is 2.22. The fourth-order valence-corrected chi connectivity index (χ4v) is 3.77. The Hall–Kier alpha value is -2.85. The highest BCUT2D eigenvalue weighted by Gasteiger charge is 2.30. The van der Waals surface area contributed by atoms with Gasteiger partial charge in [-0.3, -0.25) is 9.59 Å². The molecule has 1 saturated heterocycles. The zero-order valence-electron chi connectivity index (χ0n) is 14.4. The molecule has 1 aliphatic heterocycles. The third kappa shape index (κ3) is 4.86. The Morgan fingerprint density at radius 3 is 2.56 bits per heavy atom. The van der Waals surface area contributed by atoms with Crippen molar-refractivity contribution in [2.24, 2.45) is 0 Å². The summed E-state index contributed by atoms with van der Waals surface area (Å²) < 4.78 is 18.4. The lowest BCUT2D eigenvalue weighted by Crippen LogP contribution is -2.45. The van der Waals surface area contributed by atoms with Gasteiger partial charge in [-0.1, -0.05) is 12.1 Å². The number of thioether (sulfide) groups is 1. The second kappa shape index (κ2) is 8.69. The summed E-state index contributed by atoms with van der Waals surface area (Å²) >= 11 is 1.46. The predicted octanol–water partition coefficient (Wildman–Crippen LogP) is 3.00. The summed E-state index contributed by atoms with van der Waals surface area (Å²) in [6.45, 7) is 0.904. The van der Waals surface area contributed by atoms with Gasteiger partial charge in [-0.2, -0.15) is 5.26 Å². The monoisotopic (exact) mass is 384 g/mol. The molecule has 27 heavy (non-hydrogen) atoms. The van der Waals surface area contributed by atoms with E-state index in [0.29, 0.717) is 23.4 Å². The molecule has 0 N–H and O–H groups in total. The van der Waals surface area contributed by atoms with Gasteiger partial charge in [0, 0.05) is 24.4 Å². The van der Waals surface area contributed by atoms with Crippen LogP contribution in [0.15, 0.2) is 48.5 Å². The van der Waals surface area contributed by atoms with E-state index in [9.17, 15) is 14.0 Å². The van der Waals surface area contributed by atoms with Crippen molar-refractivity contribution >= 4 is 23.6 Å². The first-order valence-electron chi connectivity index (χ1n) is 8.39. The first-order chi connectivity index (χ1) is 13.1. The molecule has 2 aromatic carbocycles. The minimum Gasteiger partial charge on any atom is -0.460 e. The molecule has 0 spiro atoms. The molecule has 5 nitrogen and oxygen atoms in total. The van der Waals surface area contributed by atoms with Gasteiger partial charge >= 0.3 is 5.97 Å². The molecule has 7 heteroatoms. The van der Waals surface area contributed by atoms with Crippen LogP contribution in [0.25, 0.3) is 0 Å². The van der Waals surface area contributed by atoms with E-state index in [0.717, 1.165) is 5.56 Å². The van der Waals surface area contributed by atoms with Crippen LogP contribution in [-0.4, -0.2) is 40.9 Å². The molecule has 0 bridgehead atoms. The van der Waals surface area contributed by atoms with Crippen LogP contribution in [0.5, 0.6) is 0 Å². The van der Waals surface area contributed by atoms with Crippen molar-refractivity contribution in [1.82, 2.24) is 4.90 Å². The summed E-state index contributed by atoms with van der Waals surface area (Å²) in [5.74, 6) is -0.366. The van der Waals surface area contributed by atoms with E-state index in [1.54, 1.807) is 29.2 Å². The van der Waals surface area contributed by atoms with Crippen LogP contribution in [0, 0.1) is 17.1 Å². The number of halogens is 1. The summed E-state index contributed by atoms with van der Waals surface area (Å²) in [6, 6.07) is 14.2. The van der Waals surface area contributed by atoms with Crippen LogP contribution in [0.3, 0.4) is 0 Å². The van der Waals surface area contributed by atoms with Crippen molar-refractivity contribution in [2.45, 2.75) is 11.9 Å². The first-order valence-corrected chi connectivity index (χ1v) is 9.44. The minimum absolute atomic E-state index is 0.119. The molecule has 2 aromatic rings. The molecule has 0 saturated carbocycles. The number of hydrogen-bond acceptors (Lipinski definition) is 5. The van der Waals surface area contributed by atoms with Gasteiger partial charge in [-0.15, -0.1) is 11.8 Å². The van der Waals surface area contributed by atoms with Crippen LogP contribution in [-0.2, 0) is 16.1 Å². The molecule has 1 fully saturated rings. The lowest BCUT2D eigenvalue weighted by atomic mass is 10.1. The van der Waals surface area contributed by atoms with Crippen molar-refractivity contribution in [2.75, 3.05) is 18.8 Å². The summed E-state index contributed by atoms with van der Waals surface area (Å²) in [7, 11) is 0. The number of amides is 1. The average molecular weight is 384 g/mol. The van der Waals surface area contributed by atoms with Crippen molar-refractivity contribution in [3.05, 3.63) is 71.0 Å². The summed E-state index contributed by atoms with van der Waals surface area (Å²) in [4.78, 5) is 26.5. The quantitative estimate of drug-likeness (QED) is 0.758. The second-order valence-corrected chi connectivity index (χ2v) is 7.34.